The smallest absolute Gasteiger partial charge is 0.306 e. The van der Waals surface area contributed by atoms with E-state index in [9.17, 15) is 40.5 Å². The van der Waals surface area contributed by atoms with E-state index in [4.69, 9.17) is 28.4 Å². The Morgan fingerprint density at radius 2 is 0.783 bits per heavy atom. The molecular formula is C69H124O14. The van der Waals surface area contributed by atoms with Crippen LogP contribution in [0, 0.1) is 0 Å². The molecule has 2 rings (SSSR count). The average molecular weight is 1180 g/mol. The molecule has 83 heavy (non-hydrogen) atoms. The van der Waals surface area contributed by atoms with Gasteiger partial charge in [-0.3, -0.25) is 4.79 Å². The van der Waals surface area contributed by atoms with Gasteiger partial charge in [-0.2, -0.15) is 0 Å². The zero-order chi connectivity index (χ0) is 60.1. The second-order valence-electron chi connectivity index (χ2n) is 23.6. The first kappa shape index (κ1) is 76.8. The van der Waals surface area contributed by atoms with Crippen LogP contribution in [0.4, 0.5) is 0 Å². The van der Waals surface area contributed by atoms with Gasteiger partial charge in [0, 0.05) is 13.0 Å². The van der Waals surface area contributed by atoms with Crippen LogP contribution in [-0.2, 0) is 33.2 Å². The number of carbonyl (C=O) groups excluding carboxylic acids is 1. The lowest BCUT2D eigenvalue weighted by Gasteiger charge is -2.42. The van der Waals surface area contributed by atoms with Gasteiger partial charge in [0.15, 0.2) is 12.6 Å². The molecular weight excluding hydrogens is 1050 g/mol. The number of esters is 1. The van der Waals surface area contributed by atoms with Crippen molar-refractivity contribution in [2.24, 2.45) is 0 Å². The quantitative estimate of drug-likeness (QED) is 0.0171. The van der Waals surface area contributed by atoms with Gasteiger partial charge in [-0.1, -0.05) is 267 Å². The lowest BCUT2D eigenvalue weighted by atomic mass is 9.98. The topological polar surface area (TPSA) is 214 Å². The number of unbranched alkanes of at least 4 members (excludes halogenated alkanes) is 32. The summed E-state index contributed by atoms with van der Waals surface area (Å²) in [6.07, 6.45) is 54.3. The molecule has 0 saturated carbocycles. The average Bonchev–Trinajstić information content (AvgIpc) is 3.69. The Labute approximate surface area is 504 Å². The number of hydrogen-bond acceptors (Lipinski definition) is 14. The van der Waals surface area contributed by atoms with E-state index in [-0.39, 0.29) is 25.6 Å². The van der Waals surface area contributed by atoms with E-state index >= 15 is 0 Å². The summed E-state index contributed by atoms with van der Waals surface area (Å²) in [6.45, 7) is 3.62. The van der Waals surface area contributed by atoms with Crippen LogP contribution >= 0.6 is 0 Å². The van der Waals surface area contributed by atoms with Crippen LogP contribution < -0.4 is 0 Å². The van der Waals surface area contributed by atoms with Gasteiger partial charge in [-0.25, -0.2) is 0 Å². The van der Waals surface area contributed by atoms with Crippen LogP contribution in [0.2, 0.25) is 0 Å². The zero-order valence-corrected chi connectivity index (χ0v) is 52.4. The highest BCUT2D eigenvalue weighted by atomic mass is 16.7. The van der Waals surface area contributed by atoms with Crippen molar-refractivity contribution in [3.8, 4) is 0 Å². The molecule has 0 bridgehead atoms. The van der Waals surface area contributed by atoms with E-state index < -0.39 is 80.7 Å². The van der Waals surface area contributed by atoms with E-state index in [1.807, 2.05) is 0 Å². The SMILES string of the molecule is CC/C=C\C/C=C\C/C=C\C/C=C\C/C=C\CCCCCCCCCCCCOCC(COC1OC(COC2OC(CO)C(O)C(O)C2O)C(O)C(O)C1O)OC(=O)CCCCCCCCCCCCCCCCCCCCCCCCC. The lowest BCUT2D eigenvalue weighted by molar-refractivity contribution is -0.332. The highest BCUT2D eigenvalue weighted by Gasteiger charge is 2.47. The van der Waals surface area contributed by atoms with Gasteiger partial charge in [0.05, 0.1) is 26.4 Å². The normalized spacial score (nSPS) is 23.8. The maximum atomic E-state index is 13.1. The summed E-state index contributed by atoms with van der Waals surface area (Å²) in [7, 11) is 0. The summed E-state index contributed by atoms with van der Waals surface area (Å²) >= 11 is 0. The number of allylic oxidation sites excluding steroid dienone is 10. The Hall–Kier alpha value is -2.31. The predicted molar refractivity (Wildman–Crippen MR) is 335 cm³/mol. The summed E-state index contributed by atoms with van der Waals surface area (Å²) < 4.78 is 34.5. The third kappa shape index (κ3) is 40.7. The van der Waals surface area contributed by atoms with Crippen molar-refractivity contribution in [1.82, 2.24) is 0 Å². The highest BCUT2D eigenvalue weighted by molar-refractivity contribution is 5.69. The third-order valence-electron chi connectivity index (χ3n) is 16.0. The zero-order valence-electron chi connectivity index (χ0n) is 52.4. The fourth-order valence-electron chi connectivity index (χ4n) is 10.7. The maximum absolute atomic E-state index is 13.1. The molecule has 0 aliphatic carbocycles. The largest absolute Gasteiger partial charge is 0.457 e. The molecule has 2 aliphatic heterocycles. The fraction of sp³-hybridized carbons (Fsp3) is 0.841. The number of ether oxygens (including phenoxy) is 6. The summed E-state index contributed by atoms with van der Waals surface area (Å²) in [4.78, 5) is 13.1. The number of aliphatic hydroxyl groups is 7. The van der Waals surface area contributed by atoms with Crippen molar-refractivity contribution in [2.75, 3.05) is 33.0 Å². The Kier molecular flexibility index (Phi) is 50.9. The van der Waals surface area contributed by atoms with Gasteiger partial charge in [0.2, 0.25) is 0 Å². The van der Waals surface area contributed by atoms with Crippen molar-refractivity contribution in [1.29, 1.82) is 0 Å². The molecule has 2 fully saturated rings. The third-order valence-corrected chi connectivity index (χ3v) is 16.0. The second kappa shape index (κ2) is 55.0. The summed E-state index contributed by atoms with van der Waals surface area (Å²) in [5.41, 5.74) is 0. The van der Waals surface area contributed by atoms with E-state index in [1.54, 1.807) is 0 Å². The minimum atomic E-state index is -1.71. The number of rotatable bonds is 56. The molecule has 2 heterocycles. The van der Waals surface area contributed by atoms with Crippen LogP contribution in [0.15, 0.2) is 60.8 Å². The summed E-state index contributed by atoms with van der Waals surface area (Å²) in [6, 6.07) is 0. The van der Waals surface area contributed by atoms with Gasteiger partial charge in [-0.15, -0.1) is 0 Å². The highest BCUT2D eigenvalue weighted by Crippen LogP contribution is 2.27. The second-order valence-corrected chi connectivity index (χ2v) is 23.6. The lowest BCUT2D eigenvalue weighted by Crippen LogP contribution is -2.61. The number of hydrogen-bond donors (Lipinski definition) is 7. The molecule has 0 aromatic rings. The van der Waals surface area contributed by atoms with E-state index in [0.29, 0.717) is 13.0 Å². The van der Waals surface area contributed by atoms with Crippen LogP contribution in [0.1, 0.15) is 271 Å². The van der Waals surface area contributed by atoms with Crippen LogP contribution in [0.5, 0.6) is 0 Å². The molecule has 14 nitrogen and oxygen atoms in total. The molecule has 2 saturated heterocycles. The Balaban J connectivity index is 1.65. The Bertz CT molecular complexity index is 1600. The Morgan fingerprint density at radius 3 is 1.23 bits per heavy atom. The number of aliphatic hydroxyl groups excluding tert-OH is 7. The van der Waals surface area contributed by atoms with E-state index in [0.717, 1.165) is 77.0 Å². The van der Waals surface area contributed by atoms with Crippen molar-refractivity contribution < 1.29 is 69.0 Å². The van der Waals surface area contributed by atoms with E-state index in [2.05, 4.69) is 74.6 Å². The Morgan fingerprint density at radius 1 is 0.410 bits per heavy atom. The van der Waals surface area contributed by atoms with Gasteiger partial charge in [0.25, 0.3) is 0 Å². The monoisotopic (exact) mass is 1180 g/mol. The number of carbonyl (C=O) groups is 1. The van der Waals surface area contributed by atoms with Crippen LogP contribution in [-0.4, -0.2) is 142 Å². The molecule has 0 aromatic carbocycles. The molecule has 11 unspecified atom stereocenters. The fourth-order valence-corrected chi connectivity index (χ4v) is 10.7. The van der Waals surface area contributed by atoms with Crippen molar-refractivity contribution in [2.45, 2.75) is 338 Å². The predicted octanol–water partition coefficient (Wildman–Crippen LogP) is 14.0. The van der Waals surface area contributed by atoms with Crippen LogP contribution in [0.3, 0.4) is 0 Å². The van der Waals surface area contributed by atoms with E-state index in [1.165, 1.54) is 167 Å². The van der Waals surface area contributed by atoms with Gasteiger partial charge >= 0.3 is 5.97 Å². The first-order valence-electron chi connectivity index (χ1n) is 33.9. The maximum Gasteiger partial charge on any atom is 0.306 e. The molecule has 0 aromatic heterocycles. The standard InChI is InChI=1S/C69H124O14/c1-3-5-7-9-11-13-15-17-19-21-23-25-27-28-29-31-33-35-37-39-41-43-45-47-49-51-53-78-55-58(56-79-68-67(77)65(75)63(73)60(83-68)57-80-69-66(76)64(74)62(72)59(54-70)82-69)81-61(71)52-50-48-46-44-42-40-38-36-34-32-30-26-24-22-20-18-16-14-12-10-8-6-4-2/h5,7,11,13,17,19,23,25,28-29,58-60,62-70,72-77H,3-4,6,8-10,12,14-16,18,20-22,24,26-27,30-57H2,1-2H3/b7-5-,13-11-,19-17-,25-23-,29-28-. The molecule has 11 atom stereocenters. The van der Waals surface area contributed by atoms with Gasteiger partial charge in [-0.05, 0) is 57.8 Å². The molecule has 0 amide bonds. The molecule has 2 aliphatic rings. The van der Waals surface area contributed by atoms with Crippen LogP contribution in [0.25, 0.3) is 0 Å². The minimum absolute atomic E-state index is 0.0594. The van der Waals surface area contributed by atoms with Crippen molar-refractivity contribution in [3.63, 3.8) is 0 Å². The first-order chi connectivity index (χ1) is 40.6. The van der Waals surface area contributed by atoms with Gasteiger partial charge in [0.1, 0.15) is 54.9 Å². The van der Waals surface area contributed by atoms with Crippen molar-refractivity contribution >= 4 is 5.97 Å². The molecule has 484 valence electrons. The van der Waals surface area contributed by atoms with Crippen molar-refractivity contribution in [3.05, 3.63) is 60.8 Å². The van der Waals surface area contributed by atoms with Gasteiger partial charge < -0.3 is 64.2 Å². The molecule has 0 spiro atoms. The first-order valence-corrected chi connectivity index (χ1v) is 33.9. The minimum Gasteiger partial charge on any atom is -0.457 e. The molecule has 7 N–H and O–H groups in total. The molecule has 0 radical (unpaired) electrons. The summed E-state index contributed by atoms with van der Waals surface area (Å²) in [5, 5.41) is 72.6. The summed E-state index contributed by atoms with van der Waals surface area (Å²) in [5.74, 6) is -0.373. The molecule has 14 heteroatoms.